The number of nitrogens with zero attached hydrogens (tertiary/aromatic N) is 2. The molecule has 1 unspecified atom stereocenters. The molecule has 0 aromatic carbocycles. The Morgan fingerprint density at radius 3 is 3.14 bits per heavy atom. The summed E-state index contributed by atoms with van der Waals surface area (Å²) in [5.74, 6) is 1.45. The van der Waals surface area contributed by atoms with E-state index in [1.807, 2.05) is 0 Å². The highest BCUT2D eigenvalue weighted by Crippen LogP contribution is 2.25. The third-order valence-electron chi connectivity index (χ3n) is 2.50. The van der Waals surface area contributed by atoms with Gasteiger partial charge in [0.2, 0.25) is 0 Å². The zero-order chi connectivity index (χ0) is 10.1. The highest BCUT2D eigenvalue weighted by Gasteiger charge is 2.22. The van der Waals surface area contributed by atoms with Crippen LogP contribution in [-0.2, 0) is 0 Å². The van der Waals surface area contributed by atoms with Crippen molar-refractivity contribution in [1.29, 1.82) is 0 Å². The van der Waals surface area contributed by atoms with Crippen molar-refractivity contribution in [2.75, 3.05) is 18.0 Å². The Labute approximate surface area is 90.5 Å². The minimum absolute atomic E-state index is 0.116. The lowest BCUT2D eigenvalue weighted by Gasteiger charge is -2.17. The number of halogens is 1. The quantitative estimate of drug-likeness (QED) is 0.827. The van der Waals surface area contributed by atoms with E-state index in [-0.39, 0.29) is 5.56 Å². The third kappa shape index (κ3) is 1.68. The third-order valence-corrected chi connectivity index (χ3v) is 3.22. The number of hydrogen-bond donors (Lipinski definition) is 1. The highest BCUT2D eigenvalue weighted by molar-refractivity contribution is 9.10. The van der Waals surface area contributed by atoms with Crippen molar-refractivity contribution in [3.05, 3.63) is 21.2 Å². The first kappa shape index (κ1) is 9.71. The monoisotopic (exact) mass is 257 g/mol. The normalized spacial score (nSPS) is 21.6. The summed E-state index contributed by atoms with van der Waals surface area (Å²) < 4.78 is 0.536. The van der Waals surface area contributed by atoms with Gasteiger partial charge in [0, 0.05) is 13.1 Å². The van der Waals surface area contributed by atoms with Crippen LogP contribution in [0.1, 0.15) is 13.3 Å². The van der Waals surface area contributed by atoms with E-state index in [1.165, 1.54) is 12.7 Å². The summed E-state index contributed by atoms with van der Waals surface area (Å²) in [7, 11) is 0. The van der Waals surface area contributed by atoms with Gasteiger partial charge >= 0.3 is 0 Å². The van der Waals surface area contributed by atoms with E-state index in [4.69, 9.17) is 0 Å². The van der Waals surface area contributed by atoms with Gasteiger partial charge in [0.05, 0.1) is 6.33 Å². The fourth-order valence-corrected chi connectivity index (χ4v) is 2.19. The molecule has 0 bridgehead atoms. The molecule has 1 N–H and O–H groups in total. The van der Waals surface area contributed by atoms with Crippen molar-refractivity contribution in [3.8, 4) is 0 Å². The molecule has 0 saturated carbocycles. The van der Waals surface area contributed by atoms with E-state index in [1.54, 1.807) is 0 Å². The van der Waals surface area contributed by atoms with Crippen molar-refractivity contribution in [2.24, 2.45) is 5.92 Å². The number of rotatable bonds is 1. The molecule has 1 aromatic heterocycles. The summed E-state index contributed by atoms with van der Waals surface area (Å²) in [5.41, 5.74) is -0.116. The van der Waals surface area contributed by atoms with Crippen molar-refractivity contribution < 1.29 is 0 Å². The molecule has 1 saturated heterocycles. The average Bonchev–Trinajstić information content (AvgIpc) is 2.57. The topological polar surface area (TPSA) is 49.0 Å². The summed E-state index contributed by atoms with van der Waals surface area (Å²) in [5, 5.41) is 0. The number of aromatic nitrogens is 2. The van der Waals surface area contributed by atoms with Gasteiger partial charge in [0.15, 0.2) is 0 Å². The molecule has 14 heavy (non-hydrogen) atoms. The molecule has 76 valence electrons. The second-order valence-corrected chi connectivity index (χ2v) is 4.50. The van der Waals surface area contributed by atoms with Gasteiger partial charge in [-0.15, -0.1) is 0 Å². The van der Waals surface area contributed by atoms with Gasteiger partial charge in [0.25, 0.3) is 5.56 Å². The summed E-state index contributed by atoms with van der Waals surface area (Å²) in [6, 6.07) is 0. The number of hydrogen-bond acceptors (Lipinski definition) is 3. The van der Waals surface area contributed by atoms with Crippen LogP contribution in [0.5, 0.6) is 0 Å². The molecule has 0 aliphatic carbocycles. The molecule has 1 aliphatic rings. The molecule has 1 aliphatic heterocycles. The van der Waals surface area contributed by atoms with Gasteiger partial charge < -0.3 is 9.88 Å². The second-order valence-electron chi connectivity index (χ2n) is 3.71. The minimum Gasteiger partial charge on any atom is -0.355 e. The fraction of sp³-hybridized carbons (Fsp3) is 0.556. The zero-order valence-corrected chi connectivity index (χ0v) is 9.54. The first-order valence-corrected chi connectivity index (χ1v) is 5.46. The summed E-state index contributed by atoms with van der Waals surface area (Å²) in [6.07, 6.45) is 2.62. The van der Waals surface area contributed by atoms with Gasteiger partial charge in [-0.1, -0.05) is 6.92 Å². The van der Waals surface area contributed by atoms with Crippen LogP contribution in [0.4, 0.5) is 5.82 Å². The van der Waals surface area contributed by atoms with Crippen molar-refractivity contribution in [1.82, 2.24) is 9.97 Å². The van der Waals surface area contributed by atoms with E-state index >= 15 is 0 Å². The Balaban J connectivity index is 2.33. The average molecular weight is 258 g/mol. The molecule has 2 heterocycles. The lowest BCUT2D eigenvalue weighted by molar-refractivity contribution is 0.658. The van der Waals surface area contributed by atoms with Crippen molar-refractivity contribution in [3.63, 3.8) is 0 Å². The lowest BCUT2D eigenvalue weighted by Crippen LogP contribution is -2.23. The summed E-state index contributed by atoms with van der Waals surface area (Å²) in [4.78, 5) is 20.2. The molecule has 0 amide bonds. The molecular weight excluding hydrogens is 246 g/mol. The van der Waals surface area contributed by atoms with E-state index in [2.05, 4.69) is 37.7 Å². The standard InChI is InChI=1S/C9H12BrN3O/c1-6-2-3-13(4-6)8-7(10)9(14)12-5-11-8/h5-6H,2-4H2,1H3,(H,11,12,14). The maximum atomic E-state index is 11.3. The zero-order valence-electron chi connectivity index (χ0n) is 7.96. The Hall–Kier alpha value is -0.840. The molecular formula is C9H12BrN3O. The predicted molar refractivity (Wildman–Crippen MR) is 58.6 cm³/mol. The molecule has 2 rings (SSSR count). The SMILES string of the molecule is CC1CCN(c2nc[nH]c(=O)c2Br)C1. The lowest BCUT2D eigenvalue weighted by atomic mass is 10.2. The largest absolute Gasteiger partial charge is 0.355 e. The smallest absolute Gasteiger partial charge is 0.267 e. The van der Waals surface area contributed by atoms with E-state index in [0.717, 1.165) is 18.9 Å². The second kappa shape index (κ2) is 3.73. The highest BCUT2D eigenvalue weighted by atomic mass is 79.9. The summed E-state index contributed by atoms with van der Waals surface area (Å²) >= 11 is 3.26. The van der Waals surface area contributed by atoms with Gasteiger partial charge in [-0.05, 0) is 28.3 Å². The Bertz CT molecular complexity index is 390. The number of anilines is 1. The first-order valence-electron chi connectivity index (χ1n) is 4.66. The van der Waals surface area contributed by atoms with Crippen LogP contribution in [0.2, 0.25) is 0 Å². The molecule has 0 radical (unpaired) electrons. The van der Waals surface area contributed by atoms with Gasteiger partial charge in [0.1, 0.15) is 10.3 Å². The van der Waals surface area contributed by atoms with E-state index < -0.39 is 0 Å². The first-order chi connectivity index (χ1) is 6.68. The van der Waals surface area contributed by atoms with E-state index in [0.29, 0.717) is 10.4 Å². The molecule has 0 spiro atoms. The number of H-pyrrole nitrogens is 1. The van der Waals surface area contributed by atoms with Crippen LogP contribution in [0.3, 0.4) is 0 Å². The van der Waals surface area contributed by atoms with Crippen LogP contribution in [0.15, 0.2) is 15.6 Å². The van der Waals surface area contributed by atoms with Crippen molar-refractivity contribution in [2.45, 2.75) is 13.3 Å². The van der Waals surface area contributed by atoms with Gasteiger partial charge in [-0.25, -0.2) is 4.98 Å². The predicted octanol–water partition coefficient (Wildman–Crippen LogP) is 1.38. The van der Waals surface area contributed by atoms with Crippen LogP contribution >= 0.6 is 15.9 Å². The maximum absolute atomic E-state index is 11.3. The van der Waals surface area contributed by atoms with Crippen LogP contribution in [0.25, 0.3) is 0 Å². The maximum Gasteiger partial charge on any atom is 0.267 e. The Kier molecular flexibility index (Phi) is 2.58. The van der Waals surface area contributed by atoms with E-state index in [9.17, 15) is 4.79 Å². The summed E-state index contributed by atoms with van der Waals surface area (Å²) in [6.45, 7) is 4.17. The molecule has 4 nitrogen and oxygen atoms in total. The van der Waals surface area contributed by atoms with Crippen LogP contribution in [0, 0.1) is 5.92 Å². The molecule has 1 atom stereocenters. The molecule has 5 heteroatoms. The van der Waals surface area contributed by atoms with Gasteiger partial charge in [-0.2, -0.15) is 0 Å². The number of nitrogens with one attached hydrogen (secondary N) is 1. The fourth-order valence-electron chi connectivity index (χ4n) is 1.72. The Morgan fingerprint density at radius 2 is 2.50 bits per heavy atom. The minimum atomic E-state index is -0.116. The van der Waals surface area contributed by atoms with Crippen molar-refractivity contribution >= 4 is 21.7 Å². The van der Waals surface area contributed by atoms with Gasteiger partial charge in [-0.3, -0.25) is 4.79 Å². The molecule has 1 fully saturated rings. The van der Waals surface area contributed by atoms with Crippen LogP contribution < -0.4 is 10.5 Å². The van der Waals surface area contributed by atoms with Crippen LogP contribution in [-0.4, -0.2) is 23.1 Å². The Morgan fingerprint density at radius 1 is 1.71 bits per heavy atom. The molecule has 1 aromatic rings. The number of aromatic amines is 1.